The highest BCUT2D eigenvalue weighted by molar-refractivity contribution is 5.91. The normalized spacial score (nSPS) is 42.8. The van der Waals surface area contributed by atoms with Gasteiger partial charge in [-0.2, -0.15) is 0 Å². The number of nitrogens with zero attached hydrogens (tertiary/aromatic N) is 1. The number of esters is 1. The average Bonchev–Trinajstić information content (AvgIpc) is 3.06. The van der Waals surface area contributed by atoms with Gasteiger partial charge in [-0.05, 0) is 80.4 Å². The maximum absolute atomic E-state index is 13.1. The smallest absolute Gasteiger partial charge is 0.337 e. The highest BCUT2D eigenvalue weighted by Crippen LogP contribution is 2.68. The van der Waals surface area contributed by atoms with Crippen LogP contribution in [-0.2, 0) is 14.3 Å². The summed E-state index contributed by atoms with van der Waals surface area (Å²) in [6, 6.07) is 0. The number of carbonyl (C=O) groups excluding carboxylic acids is 2. The maximum Gasteiger partial charge on any atom is 0.337 e. The number of carbonyl (C=O) groups is 2. The molecule has 0 radical (unpaired) electrons. The van der Waals surface area contributed by atoms with E-state index in [1.165, 1.54) is 5.57 Å². The number of allylic oxidation sites excluding steroid dienone is 2. The standard InChI is InChI=1S/C28H35NO3/c1-5-28(32-25(31)19-7-6-16-29(4)18-19)15-12-24-22-9-8-20-17-21(30)10-13-26(20,2)23(22)11-14-27(24,28)3/h1,6,16-18,22-24H,7-15H2,2-4H3/t22?,23?,24?,26?,27?,28-/m0/s1. The molecule has 3 fully saturated rings. The molecule has 1 aliphatic heterocycles. The summed E-state index contributed by atoms with van der Waals surface area (Å²) in [5.41, 5.74) is 1.15. The molecule has 0 aromatic carbocycles. The van der Waals surface area contributed by atoms with Crippen LogP contribution in [0, 0.1) is 40.9 Å². The fourth-order valence-corrected chi connectivity index (χ4v) is 8.04. The second-order valence-corrected chi connectivity index (χ2v) is 11.2. The molecule has 5 unspecified atom stereocenters. The molecule has 0 aromatic rings. The monoisotopic (exact) mass is 433 g/mol. The first-order valence-electron chi connectivity index (χ1n) is 12.3. The Labute approximate surface area is 192 Å². The van der Waals surface area contributed by atoms with E-state index in [0.29, 0.717) is 42.0 Å². The van der Waals surface area contributed by atoms with Crippen molar-refractivity contribution in [3.8, 4) is 12.3 Å². The van der Waals surface area contributed by atoms with Crippen LogP contribution < -0.4 is 0 Å². The zero-order valence-corrected chi connectivity index (χ0v) is 19.7. The van der Waals surface area contributed by atoms with Crippen LogP contribution in [0.5, 0.6) is 0 Å². The lowest BCUT2D eigenvalue weighted by atomic mass is 9.46. The number of ether oxygens (including phenoxy) is 1. The fraction of sp³-hybridized carbons (Fsp3) is 0.643. The summed E-state index contributed by atoms with van der Waals surface area (Å²) in [7, 11) is 1.92. The van der Waals surface area contributed by atoms with Crippen molar-refractivity contribution in [2.75, 3.05) is 7.05 Å². The minimum Gasteiger partial charge on any atom is -0.442 e. The molecule has 1 heterocycles. The van der Waals surface area contributed by atoms with Crippen molar-refractivity contribution in [2.45, 2.75) is 77.2 Å². The number of hydrogen-bond donors (Lipinski definition) is 0. The molecule has 4 nitrogen and oxygen atoms in total. The Morgan fingerprint density at radius 3 is 2.69 bits per heavy atom. The second kappa shape index (κ2) is 7.37. The SMILES string of the molecule is C#C[C@]1(OC(=O)C2=CN(C)C=CC2)CCC2C3CCC4=CC(=O)CCC4(C)C3CCC21C. The van der Waals surface area contributed by atoms with E-state index in [1.807, 2.05) is 36.5 Å². The molecule has 0 aromatic heterocycles. The Morgan fingerprint density at radius 2 is 1.94 bits per heavy atom. The summed E-state index contributed by atoms with van der Waals surface area (Å²) in [5, 5.41) is 0. The van der Waals surface area contributed by atoms with Crippen molar-refractivity contribution >= 4 is 11.8 Å². The van der Waals surface area contributed by atoms with E-state index in [0.717, 1.165) is 44.9 Å². The first kappa shape index (κ1) is 21.6. The number of ketones is 1. The Balaban J connectivity index is 1.42. The van der Waals surface area contributed by atoms with Gasteiger partial charge in [0.25, 0.3) is 0 Å². The molecule has 4 aliphatic carbocycles. The summed E-state index contributed by atoms with van der Waals surface area (Å²) in [6.45, 7) is 4.68. The van der Waals surface area contributed by atoms with Crippen LogP contribution in [0.4, 0.5) is 0 Å². The van der Waals surface area contributed by atoms with E-state index in [4.69, 9.17) is 11.2 Å². The average molecular weight is 434 g/mol. The topological polar surface area (TPSA) is 46.6 Å². The van der Waals surface area contributed by atoms with Crippen LogP contribution in [0.3, 0.4) is 0 Å². The van der Waals surface area contributed by atoms with E-state index in [2.05, 4.69) is 19.8 Å². The van der Waals surface area contributed by atoms with Crippen molar-refractivity contribution in [1.29, 1.82) is 0 Å². The molecule has 5 aliphatic rings. The molecule has 0 bridgehead atoms. The predicted molar refractivity (Wildman–Crippen MR) is 124 cm³/mol. The lowest BCUT2D eigenvalue weighted by molar-refractivity contribution is -0.167. The molecular weight excluding hydrogens is 398 g/mol. The number of fused-ring (bicyclic) bond motifs is 5. The Morgan fingerprint density at radius 1 is 1.16 bits per heavy atom. The van der Waals surface area contributed by atoms with E-state index in [-0.39, 0.29) is 16.8 Å². The third-order valence-electron chi connectivity index (χ3n) is 9.88. The van der Waals surface area contributed by atoms with Gasteiger partial charge in [0.05, 0.1) is 5.57 Å². The van der Waals surface area contributed by atoms with Crippen LogP contribution in [-0.4, -0.2) is 29.3 Å². The number of rotatable bonds is 2. The van der Waals surface area contributed by atoms with E-state index >= 15 is 0 Å². The maximum atomic E-state index is 13.1. The van der Waals surface area contributed by atoms with Gasteiger partial charge in [-0.1, -0.05) is 31.4 Å². The molecule has 0 amide bonds. The molecular formula is C28H35NO3. The largest absolute Gasteiger partial charge is 0.442 e. The summed E-state index contributed by atoms with van der Waals surface area (Å²) >= 11 is 0. The first-order valence-corrected chi connectivity index (χ1v) is 12.3. The van der Waals surface area contributed by atoms with Crippen LogP contribution >= 0.6 is 0 Å². The van der Waals surface area contributed by atoms with Crippen molar-refractivity contribution in [3.63, 3.8) is 0 Å². The lowest BCUT2D eigenvalue weighted by Gasteiger charge is -2.58. The van der Waals surface area contributed by atoms with Gasteiger partial charge < -0.3 is 9.64 Å². The molecule has 3 saturated carbocycles. The molecule has 0 N–H and O–H groups in total. The molecule has 32 heavy (non-hydrogen) atoms. The van der Waals surface area contributed by atoms with Crippen molar-refractivity contribution in [3.05, 3.63) is 35.7 Å². The Bertz CT molecular complexity index is 983. The molecule has 0 saturated heterocycles. The fourth-order valence-electron chi connectivity index (χ4n) is 8.04. The second-order valence-electron chi connectivity index (χ2n) is 11.2. The van der Waals surface area contributed by atoms with E-state index in [9.17, 15) is 9.59 Å². The Hall–Kier alpha value is -2.28. The van der Waals surface area contributed by atoms with Gasteiger partial charge in [-0.15, -0.1) is 6.42 Å². The number of hydrogen-bond acceptors (Lipinski definition) is 4. The van der Waals surface area contributed by atoms with Crippen molar-refractivity contribution in [2.24, 2.45) is 28.6 Å². The molecule has 4 heteroatoms. The third-order valence-corrected chi connectivity index (χ3v) is 9.88. The predicted octanol–water partition coefficient (Wildman–Crippen LogP) is 5.17. The van der Waals surface area contributed by atoms with E-state index < -0.39 is 5.60 Å². The summed E-state index contributed by atoms with van der Waals surface area (Å²) in [4.78, 5) is 27.1. The molecule has 170 valence electrons. The minimum atomic E-state index is -0.833. The number of terminal acetylenes is 1. The minimum absolute atomic E-state index is 0.139. The third kappa shape index (κ3) is 2.96. The quantitative estimate of drug-likeness (QED) is 0.445. The highest BCUT2D eigenvalue weighted by atomic mass is 16.6. The summed E-state index contributed by atoms with van der Waals surface area (Å²) in [5.74, 6) is 4.68. The van der Waals surface area contributed by atoms with Gasteiger partial charge >= 0.3 is 5.97 Å². The molecule has 0 spiro atoms. The van der Waals surface area contributed by atoms with Gasteiger partial charge in [0.2, 0.25) is 0 Å². The van der Waals surface area contributed by atoms with Crippen molar-refractivity contribution in [1.82, 2.24) is 4.90 Å². The van der Waals surface area contributed by atoms with E-state index in [1.54, 1.807) is 0 Å². The summed E-state index contributed by atoms with van der Waals surface area (Å²) < 4.78 is 6.27. The summed E-state index contributed by atoms with van der Waals surface area (Å²) in [6.07, 6.45) is 22.1. The first-order chi connectivity index (χ1) is 15.2. The zero-order chi connectivity index (χ0) is 22.7. The highest BCUT2D eigenvalue weighted by Gasteiger charge is 2.65. The van der Waals surface area contributed by atoms with Gasteiger partial charge in [0, 0.05) is 31.5 Å². The van der Waals surface area contributed by atoms with Crippen LogP contribution in [0.2, 0.25) is 0 Å². The molecule has 6 atom stereocenters. The lowest BCUT2D eigenvalue weighted by Crippen LogP contribution is -2.55. The van der Waals surface area contributed by atoms with Gasteiger partial charge in [-0.25, -0.2) is 4.79 Å². The van der Waals surface area contributed by atoms with Gasteiger partial charge in [0.1, 0.15) is 0 Å². The zero-order valence-electron chi connectivity index (χ0n) is 19.7. The van der Waals surface area contributed by atoms with Gasteiger partial charge in [0.15, 0.2) is 11.4 Å². The van der Waals surface area contributed by atoms with Gasteiger partial charge in [-0.3, -0.25) is 4.79 Å². The van der Waals surface area contributed by atoms with Crippen molar-refractivity contribution < 1.29 is 14.3 Å². The van der Waals surface area contributed by atoms with Crippen LogP contribution in [0.15, 0.2) is 35.7 Å². The Kier molecular flexibility index (Phi) is 4.97. The molecule has 5 rings (SSSR count). The van der Waals surface area contributed by atoms with Crippen LogP contribution in [0.1, 0.15) is 71.6 Å². The van der Waals surface area contributed by atoms with Crippen LogP contribution in [0.25, 0.3) is 0 Å².